The highest BCUT2D eigenvalue weighted by Crippen LogP contribution is 2.49. The van der Waals surface area contributed by atoms with Gasteiger partial charge < -0.3 is 19.1 Å². The lowest BCUT2D eigenvalue weighted by Crippen LogP contribution is -2.52. The lowest BCUT2D eigenvalue weighted by atomic mass is 9.65. The second kappa shape index (κ2) is 7.03. The molecule has 0 spiro atoms. The third-order valence-electron chi connectivity index (χ3n) is 5.47. The van der Waals surface area contributed by atoms with E-state index >= 15 is 0 Å². The van der Waals surface area contributed by atoms with E-state index in [2.05, 4.69) is 26.2 Å². The standard InChI is InChI=1S/C20H29NO5Si/c1-13-16-10-20(24,11-17(13)26-14(2)22)19(23)18-15(16)6-7-21(18)12-25-8-9-27(3,4)5/h6-7,16-17,24H,1,8-12H2,2-5H3/t16-,17-,20-/m1/s1. The first-order valence-electron chi connectivity index (χ1n) is 9.42. The van der Waals surface area contributed by atoms with Gasteiger partial charge in [0.25, 0.3) is 0 Å². The van der Waals surface area contributed by atoms with Gasteiger partial charge in [-0.25, -0.2) is 0 Å². The van der Waals surface area contributed by atoms with Crippen molar-refractivity contribution in [2.75, 3.05) is 6.61 Å². The van der Waals surface area contributed by atoms with E-state index < -0.39 is 25.7 Å². The van der Waals surface area contributed by atoms with Crippen molar-refractivity contribution in [3.8, 4) is 0 Å². The van der Waals surface area contributed by atoms with Crippen LogP contribution >= 0.6 is 0 Å². The summed E-state index contributed by atoms with van der Waals surface area (Å²) in [5.41, 5.74) is 0.526. The Bertz CT molecular complexity index is 778. The number of rotatable bonds is 6. The summed E-state index contributed by atoms with van der Waals surface area (Å²) in [6.45, 7) is 13.2. The Kier molecular flexibility index (Phi) is 5.22. The van der Waals surface area contributed by atoms with Crippen molar-refractivity contribution < 1.29 is 24.2 Å². The Balaban J connectivity index is 1.82. The molecule has 0 aliphatic heterocycles. The Labute approximate surface area is 161 Å². The van der Waals surface area contributed by atoms with Crippen LogP contribution < -0.4 is 0 Å². The van der Waals surface area contributed by atoms with Crippen LogP contribution in [0.5, 0.6) is 0 Å². The van der Waals surface area contributed by atoms with Gasteiger partial charge in [0.1, 0.15) is 18.4 Å². The molecular formula is C20H29NO5Si. The summed E-state index contributed by atoms with van der Waals surface area (Å²) in [6, 6.07) is 2.94. The summed E-state index contributed by atoms with van der Waals surface area (Å²) in [4.78, 5) is 24.5. The zero-order chi connectivity index (χ0) is 20.0. The van der Waals surface area contributed by atoms with E-state index in [1.54, 1.807) is 4.57 Å². The number of carbonyl (C=O) groups excluding carboxylic acids is 2. The van der Waals surface area contributed by atoms with Crippen LogP contribution in [0.25, 0.3) is 0 Å². The van der Waals surface area contributed by atoms with Crippen molar-refractivity contribution in [1.82, 2.24) is 4.57 Å². The van der Waals surface area contributed by atoms with Crippen LogP contribution in [-0.4, -0.2) is 47.8 Å². The summed E-state index contributed by atoms with van der Waals surface area (Å²) in [7, 11) is -1.18. The van der Waals surface area contributed by atoms with Crippen LogP contribution in [0.4, 0.5) is 0 Å². The molecule has 2 aliphatic carbocycles. The molecule has 2 bridgehead atoms. The number of aromatic nitrogens is 1. The lowest BCUT2D eigenvalue weighted by Gasteiger charge is -2.44. The first-order chi connectivity index (χ1) is 12.5. The fraction of sp³-hybridized carbons (Fsp3) is 0.600. The molecule has 0 radical (unpaired) electrons. The second-order valence-corrected chi connectivity index (χ2v) is 14.6. The number of ether oxygens (including phenoxy) is 2. The van der Waals surface area contributed by atoms with Gasteiger partial charge in [-0.15, -0.1) is 0 Å². The number of ketones is 1. The maximum Gasteiger partial charge on any atom is 0.303 e. The Morgan fingerprint density at radius 3 is 2.74 bits per heavy atom. The topological polar surface area (TPSA) is 77.8 Å². The molecule has 1 aromatic rings. The quantitative estimate of drug-likeness (QED) is 0.349. The van der Waals surface area contributed by atoms with Crippen LogP contribution in [0.1, 0.15) is 41.7 Å². The fourth-order valence-corrected chi connectivity index (χ4v) is 4.69. The summed E-state index contributed by atoms with van der Waals surface area (Å²) in [5.74, 6) is -0.966. The normalized spacial score (nSPS) is 27.4. The third-order valence-corrected chi connectivity index (χ3v) is 7.17. The van der Waals surface area contributed by atoms with Crippen molar-refractivity contribution in [3.63, 3.8) is 0 Å². The van der Waals surface area contributed by atoms with E-state index in [0.29, 0.717) is 12.3 Å². The van der Waals surface area contributed by atoms with Gasteiger partial charge in [-0.3, -0.25) is 9.59 Å². The van der Waals surface area contributed by atoms with Crippen molar-refractivity contribution >= 4 is 19.8 Å². The maximum atomic E-state index is 13.1. The molecule has 1 fully saturated rings. The third kappa shape index (κ3) is 3.95. The van der Waals surface area contributed by atoms with Gasteiger partial charge in [0.2, 0.25) is 5.78 Å². The molecule has 27 heavy (non-hydrogen) atoms. The molecule has 0 unspecified atom stereocenters. The average molecular weight is 392 g/mol. The van der Waals surface area contributed by atoms with Crippen LogP contribution in [0, 0.1) is 0 Å². The smallest absolute Gasteiger partial charge is 0.303 e. The number of hydrogen-bond donors (Lipinski definition) is 1. The molecule has 0 saturated heterocycles. The SMILES string of the molecule is C=C1[C@H]2C[C@@](O)(C[C@H]1OC(C)=O)C(=O)c1c2ccn1COCC[Si](C)(C)C. The zero-order valence-corrected chi connectivity index (χ0v) is 17.6. The minimum absolute atomic E-state index is 0.0574. The molecule has 3 atom stereocenters. The predicted molar refractivity (Wildman–Crippen MR) is 104 cm³/mol. The van der Waals surface area contributed by atoms with Crippen molar-refractivity contribution in [2.45, 2.75) is 69.8 Å². The number of fused-ring (bicyclic) bond motifs is 4. The van der Waals surface area contributed by atoms with Gasteiger partial charge in [-0.2, -0.15) is 0 Å². The first-order valence-corrected chi connectivity index (χ1v) is 13.1. The molecule has 0 amide bonds. The predicted octanol–water partition coefficient (Wildman–Crippen LogP) is 3.09. The highest BCUT2D eigenvalue weighted by atomic mass is 28.3. The van der Waals surface area contributed by atoms with Crippen LogP contribution in [0.15, 0.2) is 24.4 Å². The molecule has 148 valence electrons. The number of Topliss-reactive ketones (excluding diaryl/α,β-unsaturated/α-hetero) is 1. The van der Waals surface area contributed by atoms with E-state index in [0.717, 1.165) is 17.2 Å². The monoisotopic (exact) mass is 391 g/mol. The largest absolute Gasteiger partial charge is 0.458 e. The molecule has 2 aliphatic rings. The molecular weight excluding hydrogens is 362 g/mol. The van der Waals surface area contributed by atoms with Gasteiger partial charge in [0, 0.05) is 40.1 Å². The number of nitrogens with zero attached hydrogens (tertiary/aromatic N) is 1. The molecule has 7 heteroatoms. The van der Waals surface area contributed by atoms with E-state index in [1.807, 2.05) is 12.3 Å². The summed E-state index contributed by atoms with van der Waals surface area (Å²) in [5, 5.41) is 11.0. The van der Waals surface area contributed by atoms with E-state index in [4.69, 9.17) is 9.47 Å². The second-order valence-electron chi connectivity index (χ2n) is 8.93. The van der Waals surface area contributed by atoms with Crippen molar-refractivity contribution in [1.29, 1.82) is 0 Å². The summed E-state index contributed by atoms with van der Waals surface area (Å²) in [6.07, 6.45) is 1.53. The first kappa shape index (κ1) is 20.0. The molecule has 1 N–H and O–H groups in total. The minimum Gasteiger partial charge on any atom is -0.458 e. The molecule has 1 saturated carbocycles. The summed E-state index contributed by atoms with van der Waals surface area (Å²) >= 11 is 0. The van der Waals surface area contributed by atoms with Crippen LogP contribution in [0.2, 0.25) is 25.7 Å². The maximum absolute atomic E-state index is 13.1. The zero-order valence-electron chi connectivity index (χ0n) is 16.6. The number of esters is 1. The average Bonchev–Trinajstić information content (AvgIpc) is 2.96. The molecule has 6 nitrogen and oxygen atoms in total. The fourth-order valence-electron chi connectivity index (χ4n) is 3.93. The van der Waals surface area contributed by atoms with Crippen molar-refractivity contribution in [3.05, 3.63) is 35.7 Å². The number of aliphatic hydroxyl groups is 1. The minimum atomic E-state index is -1.53. The van der Waals surface area contributed by atoms with E-state index in [9.17, 15) is 14.7 Å². The van der Waals surface area contributed by atoms with Crippen molar-refractivity contribution in [2.24, 2.45) is 0 Å². The van der Waals surface area contributed by atoms with Crippen LogP contribution in [0.3, 0.4) is 0 Å². The molecule has 1 heterocycles. The Morgan fingerprint density at radius 1 is 1.41 bits per heavy atom. The molecule has 1 aromatic heterocycles. The Hall–Kier alpha value is -1.70. The number of hydrogen-bond acceptors (Lipinski definition) is 5. The van der Waals surface area contributed by atoms with Gasteiger partial charge in [0.15, 0.2) is 0 Å². The molecule has 3 rings (SSSR count). The van der Waals surface area contributed by atoms with E-state index in [-0.39, 0.29) is 31.3 Å². The summed E-state index contributed by atoms with van der Waals surface area (Å²) < 4.78 is 12.9. The van der Waals surface area contributed by atoms with Crippen LogP contribution in [-0.2, 0) is 21.0 Å². The number of carbonyl (C=O) groups is 2. The van der Waals surface area contributed by atoms with Gasteiger partial charge >= 0.3 is 5.97 Å². The van der Waals surface area contributed by atoms with Gasteiger partial charge in [-0.05, 0) is 29.7 Å². The highest BCUT2D eigenvalue weighted by Gasteiger charge is 2.53. The Morgan fingerprint density at radius 2 is 2.11 bits per heavy atom. The van der Waals surface area contributed by atoms with Gasteiger partial charge in [-0.1, -0.05) is 26.2 Å². The lowest BCUT2D eigenvalue weighted by molar-refractivity contribution is -0.148. The molecule has 0 aromatic carbocycles. The van der Waals surface area contributed by atoms with E-state index in [1.165, 1.54) is 6.92 Å². The highest BCUT2D eigenvalue weighted by molar-refractivity contribution is 6.76. The van der Waals surface area contributed by atoms with Gasteiger partial charge in [0.05, 0.1) is 5.69 Å².